The number of ketones is 2. The summed E-state index contributed by atoms with van der Waals surface area (Å²) >= 11 is 0. The highest BCUT2D eigenvalue weighted by Gasteiger charge is 2.66. The van der Waals surface area contributed by atoms with Gasteiger partial charge in [0.15, 0.2) is 11.6 Å². The fourth-order valence-corrected chi connectivity index (χ4v) is 7.57. The summed E-state index contributed by atoms with van der Waals surface area (Å²) in [7, 11) is 0. The molecule has 0 amide bonds. The Balaban J connectivity index is 1.20. The van der Waals surface area contributed by atoms with Crippen LogP contribution in [-0.4, -0.2) is 83.5 Å². The minimum absolute atomic E-state index is 0.0467. The SMILES string of the molecule is Nc1cc(C[C@@H]2C=C[C@]3(CO)O[C@@H](Oc4cccc5c4C(=O)[C@@H]4C(O)=CC(Cc6cccc(CO)c6)=C[C@@H]4C5=O)[C@H](O)[C@@]2(O)[C@@H]3O)ccn1. The Morgan fingerprint density at radius 1 is 0.980 bits per heavy atom. The van der Waals surface area contributed by atoms with Crippen molar-refractivity contribution in [1.29, 1.82) is 0 Å². The number of carbonyl (C=O) groups excluding carboxylic acids is 2. The first-order valence-corrected chi connectivity index (χ1v) is 15.9. The molecule has 0 saturated carbocycles. The van der Waals surface area contributed by atoms with Crippen LogP contribution in [0.4, 0.5) is 5.82 Å². The van der Waals surface area contributed by atoms with Crippen LogP contribution in [0.2, 0.25) is 0 Å². The molecule has 1 aliphatic heterocycles. The zero-order chi connectivity index (χ0) is 34.7. The van der Waals surface area contributed by atoms with Gasteiger partial charge in [-0.1, -0.05) is 54.6 Å². The average Bonchev–Trinajstić information content (AvgIpc) is 3.09. The van der Waals surface area contributed by atoms with Crippen LogP contribution in [-0.2, 0) is 24.2 Å². The molecular formula is C37H36N2O10. The van der Waals surface area contributed by atoms with E-state index in [1.54, 1.807) is 36.4 Å². The maximum atomic E-state index is 14.1. The number of benzene rings is 2. The van der Waals surface area contributed by atoms with Gasteiger partial charge in [-0.3, -0.25) is 9.59 Å². The quantitative estimate of drug-likeness (QED) is 0.171. The summed E-state index contributed by atoms with van der Waals surface area (Å²) in [6.07, 6.45) is 2.71. The van der Waals surface area contributed by atoms with Crippen LogP contribution >= 0.6 is 0 Å². The average molecular weight is 669 g/mol. The first-order valence-electron chi connectivity index (χ1n) is 15.9. The molecule has 2 heterocycles. The number of rotatable bonds is 8. The van der Waals surface area contributed by atoms with Crippen molar-refractivity contribution in [2.24, 2.45) is 17.8 Å². The maximum Gasteiger partial charge on any atom is 0.230 e. The van der Waals surface area contributed by atoms with Gasteiger partial charge in [-0.2, -0.15) is 0 Å². The molecule has 1 fully saturated rings. The number of aliphatic hydroxyl groups is 6. The molecule has 3 aliphatic carbocycles. The van der Waals surface area contributed by atoms with Crippen LogP contribution in [0.5, 0.6) is 5.75 Å². The molecule has 3 aromatic rings. The highest BCUT2D eigenvalue weighted by Crippen LogP contribution is 2.48. The third-order valence-corrected chi connectivity index (χ3v) is 10.1. The second-order valence-electron chi connectivity index (χ2n) is 13.1. The molecule has 12 nitrogen and oxygen atoms in total. The summed E-state index contributed by atoms with van der Waals surface area (Å²) in [4.78, 5) is 31.9. The van der Waals surface area contributed by atoms with Crippen molar-refractivity contribution >= 4 is 17.4 Å². The molecular weight excluding hydrogens is 632 g/mol. The second kappa shape index (κ2) is 12.3. The maximum absolute atomic E-state index is 14.1. The summed E-state index contributed by atoms with van der Waals surface area (Å²) in [5.74, 6) is -4.28. The number of ether oxygens (including phenoxy) is 2. The van der Waals surface area contributed by atoms with Crippen molar-refractivity contribution in [3.63, 3.8) is 0 Å². The van der Waals surface area contributed by atoms with Gasteiger partial charge in [0.05, 0.1) is 30.6 Å². The van der Waals surface area contributed by atoms with Gasteiger partial charge in [0.1, 0.15) is 40.7 Å². The van der Waals surface area contributed by atoms with Crippen molar-refractivity contribution in [3.05, 3.63) is 124 Å². The number of aliphatic hydroxyl groups excluding tert-OH is 5. The molecule has 4 aliphatic rings. The fourth-order valence-electron chi connectivity index (χ4n) is 7.57. The lowest BCUT2D eigenvalue weighted by molar-refractivity contribution is -0.349. The molecule has 7 rings (SSSR count). The van der Waals surface area contributed by atoms with Gasteiger partial charge in [0.2, 0.25) is 6.29 Å². The molecule has 12 heteroatoms. The summed E-state index contributed by atoms with van der Waals surface area (Å²) < 4.78 is 12.0. The van der Waals surface area contributed by atoms with Crippen molar-refractivity contribution in [1.82, 2.24) is 4.98 Å². The number of nitrogens with two attached hydrogens (primary N) is 1. The number of Topliss-reactive ketones (excluding diaryl/α,β-unsaturated/α-hetero) is 2. The standard InChI is InChI=1S/C37H36N2O10/c38-28-16-20(8-10-39-28)13-23-7-9-36(18-41)35(46)37(23,47)33(45)34(49-36)48-27-6-2-5-24-30(27)32(44)29-25(31(24)43)14-22(15-26(29)42)12-19-3-1-4-21(11-19)17-40/h1-11,14-16,23,25,29,33-35,40-42,45-47H,12-13,17-18H2,(H2,38,39)/t23-,25-,29-,33-,34+,35+,36+,37+/m0/s1. The van der Waals surface area contributed by atoms with Crippen molar-refractivity contribution in [2.75, 3.05) is 12.3 Å². The normalized spacial score (nSPS) is 31.8. The van der Waals surface area contributed by atoms with Gasteiger partial charge in [0, 0.05) is 17.7 Å². The zero-order valence-electron chi connectivity index (χ0n) is 26.2. The van der Waals surface area contributed by atoms with Gasteiger partial charge >= 0.3 is 0 Å². The molecule has 0 spiro atoms. The second-order valence-corrected chi connectivity index (χ2v) is 13.1. The number of anilines is 1. The van der Waals surface area contributed by atoms with Crippen molar-refractivity contribution < 1.29 is 49.7 Å². The predicted molar refractivity (Wildman–Crippen MR) is 174 cm³/mol. The third-order valence-electron chi connectivity index (χ3n) is 10.1. The van der Waals surface area contributed by atoms with E-state index < -0.39 is 65.6 Å². The lowest BCUT2D eigenvalue weighted by atomic mass is 9.64. The van der Waals surface area contributed by atoms with E-state index in [0.717, 1.165) is 11.1 Å². The number of allylic oxidation sites excluding steroid dienone is 4. The van der Waals surface area contributed by atoms with Crippen LogP contribution in [0.15, 0.2) is 96.4 Å². The Morgan fingerprint density at radius 2 is 1.76 bits per heavy atom. The minimum Gasteiger partial charge on any atom is -0.511 e. The van der Waals surface area contributed by atoms with E-state index in [2.05, 4.69) is 4.98 Å². The smallest absolute Gasteiger partial charge is 0.230 e. The number of nitrogens with zero attached hydrogens (tertiary/aromatic N) is 1. The Morgan fingerprint density at radius 3 is 2.51 bits per heavy atom. The van der Waals surface area contributed by atoms with E-state index in [-0.39, 0.29) is 41.5 Å². The monoisotopic (exact) mass is 668 g/mol. The lowest BCUT2D eigenvalue weighted by Gasteiger charge is -2.57. The molecule has 254 valence electrons. The van der Waals surface area contributed by atoms with Crippen LogP contribution < -0.4 is 10.5 Å². The summed E-state index contributed by atoms with van der Waals surface area (Å²) in [5, 5.41) is 65.9. The highest BCUT2D eigenvalue weighted by atomic mass is 16.7. The van der Waals surface area contributed by atoms with Crippen molar-refractivity contribution in [2.45, 2.75) is 49.1 Å². The molecule has 2 bridgehead atoms. The van der Waals surface area contributed by atoms with Gasteiger partial charge in [0.25, 0.3) is 0 Å². The van der Waals surface area contributed by atoms with Crippen molar-refractivity contribution in [3.8, 4) is 5.75 Å². The Bertz CT molecular complexity index is 1920. The fraction of sp³-hybridized carbons (Fsp3) is 0.324. The van der Waals surface area contributed by atoms with Gasteiger partial charge in [-0.05, 0) is 59.4 Å². The molecule has 0 radical (unpaired) electrons. The summed E-state index contributed by atoms with van der Waals surface area (Å²) in [6.45, 7) is -0.907. The van der Waals surface area contributed by atoms with Crippen LogP contribution in [0.3, 0.4) is 0 Å². The lowest BCUT2D eigenvalue weighted by Crippen LogP contribution is -2.76. The number of nitrogen functional groups attached to an aromatic ring is 1. The molecule has 49 heavy (non-hydrogen) atoms. The molecule has 1 saturated heterocycles. The molecule has 0 unspecified atom stereocenters. The molecule has 8 N–H and O–H groups in total. The summed E-state index contributed by atoms with van der Waals surface area (Å²) in [6, 6.07) is 14.9. The number of fused-ring (bicyclic) bond motifs is 4. The van der Waals surface area contributed by atoms with E-state index >= 15 is 0 Å². The number of hydrogen-bond acceptors (Lipinski definition) is 12. The largest absolute Gasteiger partial charge is 0.511 e. The minimum atomic E-state index is -2.29. The van der Waals surface area contributed by atoms with E-state index in [4.69, 9.17) is 15.2 Å². The number of hydrogen-bond donors (Lipinski definition) is 7. The third kappa shape index (κ3) is 5.37. The van der Waals surface area contributed by atoms with E-state index in [9.17, 15) is 40.2 Å². The Kier molecular flexibility index (Phi) is 8.26. The van der Waals surface area contributed by atoms with E-state index in [1.165, 1.54) is 36.5 Å². The zero-order valence-corrected chi connectivity index (χ0v) is 26.2. The Labute approximate surface area is 281 Å². The molecule has 2 aromatic carbocycles. The highest BCUT2D eigenvalue weighted by molar-refractivity contribution is 6.19. The number of carbonyl (C=O) groups is 2. The van der Waals surface area contributed by atoms with Crippen LogP contribution in [0.1, 0.15) is 37.4 Å². The van der Waals surface area contributed by atoms with Crippen LogP contribution in [0, 0.1) is 17.8 Å². The van der Waals surface area contributed by atoms with Crippen LogP contribution in [0.25, 0.3) is 0 Å². The predicted octanol–water partition coefficient (Wildman–Crippen LogP) is 1.74. The van der Waals surface area contributed by atoms with E-state index in [1.807, 2.05) is 12.1 Å². The topological polar surface area (TPSA) is 213 Å². The molecule has 8 atom stereocenters. The molecule has 1 aromatic heterocycles. The van der Waals surface area contributed by atoms with Gasteiger partial charge in [-0.15, -0.1) is 0 Å². The number of pyridine rings is 1. The Hall–Kier alpha value is -4.69. The first kappa shape index (κ1) is 32.8. The first-order chi connectivity index (χ1) is 23.5. The number of aromatic nitrogens is 1. The van der Waals surface area contributed by atoms with Gasteiger partial charge < -0.3 is 45.8 Å². The van der Waals surface area contributed by atoms with Gasteiger partial charge in [-0.25, -0.2) is 4.98 Å². The van der Waals surface area contributed by atoms with E-state index in [0.29, 0.717) is 17.6 Å². The summed E-state index contributed by atoms with van der Waals surface area (Å²) in [5.41, 5.74) is 4.47.